The van der Waals surface area contributed by atoms with Crippen LogP contribution < -0.4 is 10.6 Å². The van der Waals surface area contributed by atoms with Gasteiger partial charge in [0.05, 0.1) is 11.6 Å². The summed E-state index contributed by atoms with van der Waals surface area (Å²) in [6, 6.07) is -1.05. The van der Waals surface area contributed by atoms with Crippen LogP contribution in [-0.2, 0) is 14.4 Å². The fourth-order valence-corrected chi connectivity index (χ4v) is 2.17. The number of hydrogen-bond donors (Lipinski definition) is 2. The Kier molecular flexibility index (Phi) is 7.57. The average Bonchev–Trinajstić information content (AvgIpc) is 2.41. The highest BCUT2D eigenvalue weighted by molar-refractivity contribution is 5.89. The van der Waals surface area contributed by atoms with Crippen LogP contribution in [0, 0.1) is 5.92 Å². The van der Waals surface area contributed by atoms with Gasteiger partial charge < -0.3 is 15.0 Å². The van der Waals surface area contributed by atoms with Gasteiger partial charge >= 0.3 is 0 Å². The second-order valence-electron chi connectivity index (χ2n) is 6.41. The summed E-state index contributed by atoms with van der Waals surface area (Å²) in [5, 5.41) is 5.56. The molecular formula is C15H29N3O3. The van der Waals surface area contributed by atoms with E-state index in [0.29, 0.717) is 6.42 Å². The van der Waals surface area contributed by atoms with Gasteiger partial charge in [0.15, 0.2) is 0 Å². The van der Waals surface area contributed by atoms with Crippen molar-refractivity contribution in [1.82, 2.24) is 15.5 Å². The van der Waals surface area contributed by atoms with Crippen LogP contribution in [0.2, 0.25) is 0 Å². The summed E-state index contributed by atoms with van der Waals surface area (Å²) < 4.78 is 0. The quantitative estimate of drug-likeness (QED) is 0.642. The van der Waals surface area contributed by atoms with Crippen LogP contribution in [0.1, 0.15) is 41.0 Å². The summed E-state index contributed by atoms with van der Waals surface area (Å²) in [7, 11) is 3.18. The Labute approximate surface area is 127 Å². The van der Waals surface area contributed by atoms with Crippen LogP contribution >= 0.6 is 0 Å². The average molecular weight is 299 g/mol. The molecule has 2 unspecified atom stereocenters. The highest BCUT2D eigenvalue weighted by Crippen LogP contribution is 2.12. The van der Waals surface area contributed by atoms with Crippen molar-refractivity contribution < 1.29 is 14.4 Å². The lowest BCUT2D eigenvalue weighted by atomic mass is 10.0. The van der Waals surface area contributed by atoms with Gasteiger partial charge in [-0.25, -0.2) is 0 Å². The highest BCUT2D eigenvalue weighted by atomic mass is 16.2. The number of carbonyl (C=O) groups is 3. The van der Waals surface area contributed by atoms with Gasteiger partial charge in [0.1, 0.15) is 12.3 Å². The molecule has 21 heavy (non-hydrogen) atoms. The van der Waals surface area contributed by atoms with Gasteiger partial charge in [-0.1, -0.05) is 13.8 Å². The zero-order valence-corrected chi connectivity index (χ0v) is 14.2. The molecule has 2 atom stereocenters. The maximum atomic E-state index is 12.4. The number of amides is 2. The number of nitrogens with one attached hydrogen (secondary N) is 2. The summed E-state index contributed by atoms with van der Waals surface area (Å²) in [6.07, 6.45) is 1.35. The van der Waals surface area contributed by atoms with Gasteiger partial charge in [-0.3, -0.25) is 14.9 Å². The van der Waals surface area contributed by atoms with Crippen LogP contribution in [0.3, 0.4) is 0 Å². The second-order valence-corrected chi connectivity index (χ2v) is 6.41. The first kappa shape index (κ1) is 19.6. The van der Waals surface area contributed by atoms with E-state index in [4.69, 9.17) is 0 Å². The molecule has 0 radical (unpaired) electrons. The number of aldehydes is 1. The standard InChI is InChI=1S/C15H29N3O3/c1-10(2)8-12(13(20)16-6)18(7)14(21)11(3)17-15(4,5)9-19/h9-12,17H,8H2,1-7H3,(H,16,20). The molecule has 0 aromatic carbocycles. The molecule has 0 aromatic heterocycles. The topological polar surface area (TPSA) is 78.5 Å². The normalized spacial score (nSPS) is 14.5. The number of rotatable bonds is 8. The molecule has 0 spiro atoms. The van der Waals surface area contributed by atoms with E-state index in [-0.39, 0.29) is 17.7 Å². The molecule has 122 valence electrons. The summed E-state index contributed by atoms with van der Waals surface area (Å²) in [5.41, 5.74) is -0.781. The van der Waals surface area contributed by atoms with Crippen molar-refractivity contribution in [3.8, 4) is 0 Å². The van der Waals surface area contributed by atoms with Crippen LogP contribution in [0.5, 0.6) is 0 Å². The van der Waals surface area contributed by atoms with Gasteiger partial charge in [-0.2, -0.15) is 0 Å². The van der Waals surface area contributed by atoms with E-state index in [2.05, 4.69) is 10.6 Å². The maximum Gasteiger partial charge on any atom is 0.242 e. The number of nitrogens with zero attached hydrogens (tertiary/aromatic N) is 1. The molecule has 6 nitrogen and oxygen atoms in total. The van der Waals surface area contributed by atoms with Crippen LogP contribution in [0.4, 0.5) is 0 Å². The lowest BCUT2D eigenvalue weighted by Crippen LogP contribution is -2.56. The summed E-state index contributed by atoms with van der Waals surface area (Å²) in [5.74, 6) is -0.0993. The van der Waals surface area contributed by atoms with E-state index >= 15 is 0 Å². The number of likely N-dealkylation sites (N-methyl/N-ethyl adjacent to an activating group) is 2. The molecule has 0 aliphatic carbocycles. The SMILES string of the molecule is CNC(=O)C(CC(C)C)N(C)C(=O)C(C)NC(C)(C)C=O. The molecular weight excluding hydrogens is 270 g/mol. The van der Waals surface area contributed by atoms with Crippen molar-refractivity contribution in [2.75, 3.05) is 14.1 Å². The van der Waals surface area contributed by atoms with Crippen molar-refractivity contribution >= 4 is 18.1 Å². The third-order valence-corrected chi connectivity index (χ3v) is 3.31. The fraction of sp³-hybridized carbons (Fsp3) is 0.800. The molecule has 0 rings (SSSR count). The minimum absolute atomic E-state index is 0.179. The van der Waals surface area contributed by atoms with E-state index in [9.17, 15) is 14.4 Å². The van der Waals surface area contributed by atoms with Crippen LogP contribution in [0.15, 0.2) is 0 Å². The van der Waals surface area contributed by atoms with E-state index in [1.807, 2.05) is 13.8 Å². The fourth-order valence-electron chi connectivity index (χ4n) is 2.17. The van der Waals surface area contributed by atoms with E-state index in [1.54, 1.807) is 34.9 Å². The zero-order chi connectivity index (χ0) is 16.8. The third-order valence-electron chi connectivity index (χ3n) is 3.31. The van der Waals surface area contributed by atoms with Crippen molar-refractivity contribution in [2.24, 2.45) is 5.92 Å². The van der Waals surface area contributed by atoms with Crippen molar-refractivity contribution in [2.45, 2.75) is 58.7 Å². The van der Waals surface area contributed by atoms with Gasteiger partial charge in [0.2, 0.25) is 11.8 Å². The van der Waals surface area contributed by atoms with Gasteiger partial charge in [0.25, 0.3) is 0 Å². The first-order chi connectivity index (χ1) is 9.55. The molecule has 2 amide bonds. The molecule has 0 aliphatic rings. The first-order valence-electron chi connectivity index (χ1n) is 7.28. The van der Waals surface area contributed by atoms with Crippen LogP contribution in [-0.4, -0.2) is 54.7 Å². The van der Waals surface area contributed by atoms with E-state index in [1.165, 1.54) is 4.90 Å². The largest absolute Gasteiger partial charge is 0.357 e. The smallest absolute Gasteiger partial charge is 0.242 e. The number of carbonyl (C=O) groups excluding carboxylic acids is 3. The second kappa shape index (κ2) is 8.12. The lowest BCUT2D eigenvalue weighted by Gasteiger charge is -2.32. The lowest BCUT2D eigenvalue weighted by molar-refractivity contribution is -0.141. The minimum atomic E-state index is -0.781. The Morgan fingerprint density at radius 1 is 1.24 bits per heavy atom. The predicted octanol–water partition coefficient (Wildman–Crippen LogP) is 0.561. The van der Waals surface area contributed by atoms with Gasteiger partial charge in [0, 0.05) is 14.1 Å². The highest BCUT2D eigenvalue weighted by Gasteiger charge is 2.31. The molecule has 6 heteroatoms. The van der Waals surface area contributed by atoms with Crippen molar-refractivity contribution in [1.29, 1.82) is 0 Å². The van der Waals surface area contributed by atoms with E-state index in [0.717, 1.165) is 6.29 Å². The Morgan fingerprint density at radius 3 is 2.14 bits per heavy atom. The van der Waals surface area contributed by atoms with Crippen LogP contribution in [0.25, 0.3) is 0 Å². The van der Waals surface area contributed by atoms with Crippen molar-refractivity contribution in [3.05, 3.63) is 0 Å². The van der Waals surface area contributed by atoms with E-state index < -0.39 is 17.6 Å². The zero-order valence-electron chi connectivity index (χ0n) is 14.2. The molecule has 0 saturated carbocycles. The Morgan fingerprint density at radius 2 is 1.76 bits per heavy atom. The molecule has 0 bridgehead atoms. The van der Waals surface area contributed by atoms with Gasteiger partial charge in [-0.05, 0) is 33.1 Å². The van der Waals surface area contributed by atoms with Gasteiger partial charge in [-0.15, -0.1) is 0 Å². The number of hydrogen-bond acceptors (Lipinski definition) is 4. The molecule has 0 heterocycles. The maximum absolute atomic E-state index is 12.4. The molecule has 0 aliphatic heterocycles. The van der Waals surface area contributed by atoms with Crippen molar-refractivity contribution in [3.63, 3.8) is 0 Å². The molecule has 0 fully saturated rings. The summed E-state index contributed by atoms with van der Waals surface area (Å²) in [6.45, 7) is 9.11. The Balaban J connectivity index is 4.99. The predicted molar refractivity (Wildman–Crippen MR) is 82.8 cm³/mol. The molecule has 0 aromatic rings. The first-order valence-corrected chi connectivity index (χ1v) is 7.28. The Hall–Kier alpha value is -1.43. The summed E-state index contributed by atoms with van der Waals surface area (Å²) in [4.78, 5) is 36.8. The molecule has 0 saturated heterocycles. The third kappa shape index (κ3) is 6.25. The minimum Gasteiger partial charge on any atom is -0.357 e. The Bertz CT molecular complexity index is 380. The monoisotopic (exact) mass is 299 g/mol. The molecule has 2 N–H and O–H groups in total. The summed E-state index contributed by atoms with van der Waals surface area (Å²) >= 11 is 0.